The van der Waals surface area contributed by atoms with Crippen molar-refractivity contribution in [3.05, 3.63) is 0 Å². The summed E-state index contributed by atoms with van der Waals surface area (Å²) in [4.78, 5) is 9.26. The molecule has 156 valence electrons. The zero-order valence-electron chi connectivity index (χ0n) is 17.0. The van der Waals surface area contributed by atoms with Gasteiger partial charge >= 0.3 is 0 Å². The average molecular weight is 485 g/mol. The number of nitrogens with one attached hydrogen (secondary N) is 2. The van der Waals surface area contributed by atoms with Crippen molar-refractivity contribution in [2.45, 2.75) is 26.7 Å². The highest BCUT2D eigenvalue weighted by Gasteiger charge is 2.14. The van der Waals surface area contributed by atoms with Crippen LogP contribution >= 0.6 is 24.0 Å². The van der Waals surface area contributed by atoms with Crippen molar-refractivity contribution in [3.8, 4) is 0 Å². The van der Waals surface area contributed by atoms with Gasteiger partial charge in [0.25, 0.3) is 0 Å². The third-order valence-electron chi connectivity index (χ3n) is 4.41. The van der Waals surface area contributed by atoms with Gasteiger partial charge in [-0.1, -0.05) is 20.3 Å². The van der Waals surface area contributed by atoms with E-state index in [0.29, 0.717) is 19.8 Å². The molecular formula is C18H40IN5O2. The molecule has 1 aliphatic heterocycles. The highest BCUT2D eigenvalue weighted by Crippen LogP contribution is 1.99. The van der Waals surface area contributed by atoms with Crippen molar-refractivity contribution in [3.63, 3.8) is 0 Å². The Hall–Kier alpha value is -0.160. The molecule has 0 aromatic heterocycles. The van der Waals surface area contributed by atoms with E-state index in [9.17, 15) is 0 Å². The first-order valence-corrected chi connectivity index (χ1v) is 9.84. The third-order valence-corrected chi connectivity index (χ3v) is 4.41. The van der Waals surface area contributed by atoms with E-state index in [1.165, 1.54) is 19.5 Å². The molecule has 8 heteroatoms. The lowest BCUT2D eigenvalue weighted by molar-refractivity contribution is 0.0487. The van der Waals surface area contributed by atoms with E-state index in [1.807, 2.05) is 0 Å². The molecule has 1 rings (SSSR count). The van der Waals surface area contributed by atoms with E-state index in [0.717, 1.165) is 58.3 Å². The van der Waals surface area contributed by atoms with Crippen molar-refractivity contribution in [1.29, 1.82) is 0 Å². The third kappa shape index (κ3) is 13.1. The standard InChI is InChI=1S/C18H39N5O2.HI/c1-4-6-14-24-16-17-25-15-8-21-18(19-3)20-7-9-23-12-10-22(5-2)11-13-23;/h4-17H2,1-3H3,(H2,19,20,21);1H. The number of likely N-dealkylation sites (N-methyl/N-ethyl adjacent to an activating group) is 1. The van der Waals surface area contributed by atoms with Gasteiger partial charge in [-0.2, -0.15) is 0 Å². The number of halogens is 1. The van der Waals surface area contributed by atoms with Crippen LogP contribution in [0.15, 0.2) is 4.99 Å². The SMILES string of the molecule is CCCCOCCOCCNC(=NC)NCCN1CCN(CC)CC1.I. The molecule has 0 atom stereocenters. The Labute approximate surface area is 177 Å². The molecule has 1 saturated heterocycles. The molecule has 1 heterocycles. The first-order chi connectivity index (χ1) is 12.3. The van der Waals surface area contributed by atoms with Crippen LogP contribution in [-0.4, -0.2) is 102 Å². The second-order valence-electron chi connectivity index (χ2n) is 6.28. The molecule has 0 aromatic rings. The number of rotatable bonds is 13. The minimum atomic E-state index is 0. The molecule has 1 aliphatic rings. The number of piperazine rings is 1. The summed E-state index contributed by atoms with van der Waals surface area (Å²) >= 11 is 0. The predicted molar refractivity (Wildman–Crippen MR) is 120 cm³/mol. The molecule has 1 fully saturated rings. The van der Waals surface area contributed by atoms with Crippen LogP contribution in [0, 0.1) is 0 Å². The number of hydrogen-bond acceptors (Lipinski definition) is 5. The Morgan fingerprint density at radius 2 is 1.50 bits per heavy atom. The zero-order chi connectivity index (χ0) is 18.2. The summed E-state index contributed by atoms with van der Waals surface area (Å²) in [5, 5.41) is 6.65. The topological polar surface area (TPSA) is 61.4 Å². The van der Waals surface area contributed by atoms with E-state index in [-0.39, 0.29) is 24.0 Å². The van der Waals surface area contributed by atoms with E-state index in [1.54, 1.807) is 7.05 Å². The molecule has 0 amide bonds. The predicted octanol–water partition coefficient (Wildman–Crippen LogP) is 1.24. The molecule has 0 radical (unpaired) electrons. The summed E-state index contributed by atoms with van der Waals surface area (Å²) in [6, 6.07) is 0. The largest absolute Gasteiger partial charge is 0.379 e. The van der Waals surface area contributed by atoms with Crippen LogP contribution in [0.3, 0.4) is 0 Å². The van der Waals surface area contributed by atoms with E-state index in [2.05, 4.69) is 39.3 Å². The maximum absolute atomic E-state index is 5.55. The van der Waals surface area contributed by atoms with Gasteiger partial charge in [0, 0.05) is 59.5 Å². The maximum Gasteiger partial charge on any atom is 0.191 e. The lowest BCUT2D eigenvalue weighted by Gasteiger charge is -2.34. The molecular weight excluding hydrogens is 445 g/mol. The van der Waals surface area contributed by atoms with Gasteiger partial charge in [-0.15, -0.1) is 24.0 Å². The average Bonchev–Trinajstić information content (AvgIpc) is 2.65. The molecule has 0 saturated carbocycles. The van der Waals surface area contributed by atoms with Gasteiger partial charge in [0.2, 0.25) is 0 Å². The van der Waals surface area contributed by atoms with E-state index >= 15 is 0 Å². The van der Waals surface area contributed by atoms with E-state index in [4.69, 9.17) is 9.47 Å². The number of unbranched alkanes of at least 4 members (excludes halogenated alkanes) is 1. The van der Waals surface area contributed by atoms with Gasteiger partial charge in [-0.25, -0.2) is 0 Å². The van der Waals surface area contributed by atoms with Gasteiger partial charge in [0.05, 0.1) is 19.8 Å². The smallest absolute Gasteiger partial charge is 0.191 e. The summed E-state index contributed by atoms with van der Waals surface area (Å²) in [5.41, 5.74) is 0. The summed E-state index contributed by atoms with van der Waals surface area (Å²) in [7, 11) is 1.80. The number of guanidine groups is 1. The summed E-state index contributed by atoms with van der Waals surface area (Å²) in [6.45, 7) is 15.8. The Morgan fingerprint density at radius 3 is 2.12 bits per heavy atom. The van der Waals surface area contributed by atoms with Gasteiger partial charge in [-0.3, -0.25) is 9.89 Å². The molecule has 2 N–H and O–H groups in total. The van der Waals surface area contributed by atoms with Gasteiger partial charge in [0.15, 0.2) is 5.96 Å². The normalized spacial score (nSPS) is 16.3. The summed E-state index contributed by atoms with van der Waals surface area (Å²) < 4.78 is 11.0. The highest BCUT2D eigenvalue weighted by atomic mass is 127. The molecule has 26 heavy (non-hydrogen) atoms. The summed E-state index contributed by atoms with van der Waals surface area (Å²) in [5.74, 6) is 0.843. The number of ether oxygens (including phenoxy) is 2. The monoisotopic (exact) mass is 485 g/mol. The van der Waals surface area contributed by atoms with Gasteiger partial charge in [-0.05, 0) is 13.0 Å². The Kier molecular flexibility index (Phi) is 18.1. The second-order valence-corrected chi connectivity index (χ2v) is 6.28. The van der Waals surface area contributed by atoms with Crippen molar-refractivity contribution in [2.24, 2.45) is 4.99 Å². The van der Waals surface area contributed by atoms with Crippen LogP contribution < -0.4 is 10.6 Å². The van der Waals surface area contributed by atoms with Crippen molar-refractivity contribution in [2.75, 3.05) is 85.8 Å². The minimum absolute atomic E-state index is 0. The van der Waals surface area contributed by atoms with Crippen molar-refractivity contribution in [1.82, 2.24) is 20.4 Å². The summed E-state index contributed by atoms with van der Waals surface area (Å²) in [6.07, 6.45) is 2.30. The molecule has 0 unspecified atom stereocenters. The fourth-order valence-corrected chi connectivity index (χ4v) is 2.69. The number of nitrogens with zero attached hydrogens (tertiary/aromatic N) is 3. The lowest BCUT2D eigenvalue weighted by atomic mass is 10.3. The Balaban J connectivity index is 0.00000625. The maximum atomic E-state index is 5.55. The molecule has 7 nitrogen and oxygen atoms in total. The second kappa shape index (κ2) is 18.2. The van der Waals surface area contributed by atoms with Gasteiger partial charge < -0.3 is 25.0 Å². The first kappa shape index (κ1) is 25.8. The zero-order valence-corrected chi connectivity index (χ0v) is 19.3. The lowest BCUT2D eigenvalue weighted by Crippen LogP contribution is -2.49. The van der Waals surface area contributed by atoms with Crippen LogP contribution in [0.4, 0.5) is 0 Å². The van der Waals surface area contributed by atoms with Gasteiger partial charge in [0.1, 0.15) is 0 Å². The highest BCUT2D eigenvalue weighted by molar-refractivity contribution is 14.0. The fourth-order valence-electron chi connectivity index (χ4n) is 2.69. The first-order valence-electron chi connectivity index (χ1n) is 9.84. The van der Waals surface area contributed by atoms with Crippen LogP contribution in [0.5, 0.6) is 0 Å². The Bertz CT molecular complexity index is 340. The quantitative estimate of drug-likeness (QED) is 0.177. The Morgan fingerprint density at radius 1 is 0.885 bits per heavy atom. The molecule has 0 bridgehead atoms. The van der Waals surface area contributed by atoms with Crippen LogP contribution in [0.25, 0.3) is 0 Å². The van der Waals surface area contributed by atoms with Crippen LogP contribution in [-0.2, 0) is 9.47 Å². The number of aliphatic imine (C=N–C) groups is 1. The van der Waals surface area contributed by atoms with Crippen LogP contribution in [0.2, 0.25) is 0 Å². The van der Waals surface area contributed by atoms with Crippen molar-refractivity contribution < 1.29 is 9.47 Å². The molecule has 0 aromatic carbocycles. The van der Waals surface area contributed by atoms with Crippen molar-refractivity contribution >= 4 is 29.9 Å². The molecule has 0 aliphatic carbocycles. The minimum Gasteiger partial charge on any atom is -0.379 e. The van der Waals surface area contributed by atoms with E-state index < -0.39 is 0 Å². The van der Waals surface area contributed by atoms with Crippen LogP contribution in [0.1, 0.15) is 26.7 Å². The molecule has 0 spiro atoms. The number of hydrogen-bond donors (Lipinski definition) is 2. The fraction of sp³-hybridized carbons (Fsp3) is 0.944.